The normalized spacial score (nSPS) is 9.75. The number of hydrogen-bond acceptors (Lipinski definition) is 3. The Kier molecular flexibility index (Phi) is 2.01. The van der Waals surface area contributed by atoms with E-state index >= 15 is 0 Å². The number of aromatic nitrogens is 2. The summed E-state index contributed by atoms with van der Waals surface area (Å²) in [6, 6.07) is 0. The van der Waals surface area contributed by atoms with E-state index in [2.05, 4.69) is 10.2 Å². The highest BCUT2D eigenvalue weighted by Crippen LogP contribution is 2.16. The molecule has 0 unspecified atom stereocenters. The lowest BCUT2D eigenvalue weighted by Crippen LogP contribution is -2.06. The molecule has 0 atom stereocenters. The van der Waals surface area contributed by atoms with Crippen molar-refractivity contribution in [2.45, 2.75) is 0 Å². The average molecular weight is 191 g/mol. The summed E-state index contributed by atoms with van der Waals surface area (Å²) in [5, 5.41) is 21.9. The van der Waals surface area contributed by atoms with Crippen molar-refractivity contribution in [3.05, 3.63) is 16.4 Å². The van der Waals surface area contributed by atoms with Crippen molar-refractivity contribution in [2.24, 2.45) is 0 Å². The summed E-state index contributed by atoms with van der Waals surface area (Å²) in [6.07, 6.45) is 0. The van der Waals surface area contributed by atoms with Crippen molar-refractivity contribution in [1.29, 1.82) is 0 Å². The summed E-state index contributed by atoms with van der Waals surface area (Å²) in [5.41, 5.74) is -1.11. The van der Waals surface area contributed by atoms with Gasteiger partial charge < -0.3 is 10.2 Å². The number of rotatable bonds is 2. The third-order valence-electron chi connectivity index (χ3n) is 1.14. The largest absolute Gasteiger partial charge is 0.477 e. The van der Waals surface area contributed by atoms with E-state index in [4.69, 9.17) is 21.8 Å². The number of hydrogen-bond donors (Lipinski definition) is 3. The van der Waals surface area contributed by atoms with Gasteiger partial charge in [-0.15, -0.1) is 0 Å². The number of carbonyl (C=O) groups is 2. The van der Waals surface area contributed by atoms with Crippen molar-refractivity contribution in [3.8, 4) is 0 Å². The minimum absolute atomic E-state index is 0.292. The molecule has 0 aliphatic carbocycles. The predicted octanol–water partition coefficient (Wildman–Crippen LogP) is 0.459. The molecule has 6 nitrogen and oxygen atoms in total. The van der Waals surface area contributed by atoms with Crippen LogP contribution in [-0.4, -0.2) is 32.3 Å². The predicted molar refractivity (Wildman–Crippen MR) is 37.5 cm³/mol. The van der Waals surface area contributed by atoms with Gasteiger partial charge in [0.1, 0.15) is 10.7 Å². The molecule has 0 bridgehead atoms. The standard InChI is InChI=1S/C5H3ClN2O4/c6-3-1(4(9)10)2(5(11)12)7-8-3/h(H,7,8)(H,9,10)(H,11,12). The van der Waals surface area contributed by atoms with E-state index in [0.29, 0.717) is 0 Å². The van der Waals surface area contributed by atoms with Crippen LogP contribution in [0, 0.1) is 0 Å². The number of carboxylic acids is 2. The number of halogens is 1. The van der Waals surface area contributed by atoms with Gasteiger partial charge >= 0.3 is 11.9 Å². The van der Waals surface area contributed by atoms with Gasteiger partial charge in [0.2, 0.25) is 0 Å². The van der Waals surface area contributed by atoms with Crippen LogP contribution in [0.15, 0.2) is 0 Å². The van der Waals surface area contributed by atoms with Crippen LogP contribution in [0.3, 0.4) is 0 Å². The molecule has 64 valence electrons. The Labute approximate surface area is 70.8 Å². The Morgan fingerprint density at radius 1 is 1.33 bits per heavy atom. The first kappa shape index (κ1) is 8.54. The molecule has 1 rings (SSSR count). The van der Waals surface area contributed by atoms with E-state index in [1.807, 2.05) is 0 Å². The van der Waals surface area contributed by atoms with Crippen molar-refractivity contribution in [2.75, 3.05) is 0 Å². The van der Waals surface area contributed by atoms with Crippen molar-refractivity contribution >= 4 is 23.5 Å². The Morgan fingerprint density at radius 2 is 1.92 bits per heavy atom. The van der Waals surface area contributed by atoms with Gasteiger partial charge in [-0.2, -0.15) is 5.10 Å². The molecule has 0 saturated heterocycles. The molecule has 3 N–H and O–H groups in total. The number of carboxylic acid groups (broad SMARTS) is 2. The van der Waals surface area contributed by atoms with Crippen LogP contribution >= 0.6 is 11.6 Å². The fraction of sp³-hybridized carbons (Fsp3) is 0. The Hall–Kier alpha value is -1.56. The maximum Gasteiger partial charge on any atom is 0.357 e. The molecule has 0 aliphatic rings. The van der Waals surface area contributed by atoms with Gasteiger partial charge in [0.15, 0.2) is 5.69 Å². The number of H-pyrrole nitrogens is 1. The molecule has 0 aliphatic heterocycles. The van der Waals surface area contributed by atoms with Crippen molar-refractivity contribution in [1.82, 2.24) is 10.2 Å². The first-order valence-electron chi connectivity index (χ1n) is 2.74. The SMILES string of the molecule is O=C(O)c1n[nH]c(Cl)c1C(=O)O. The summed E-state index contributed by atoms with van der Waals surface area (Å²) in [5.74, 6) is -2.86. The molecule has 1 aromatic heterocycles. The van der Waals surface area contributed by atoms with Crippen LogP contribution in [0.2, 0.25) is 5.15 Å². The highest BCUT2D eigenvalue weighted by Gasteiger charge is 2.23. The smallest absolute Gasteiger partial charge is 0.357 e. The Bertz CT molecular complexity index is 345. The minimum Gasteiger partial charge on any atom is -0.477 e. The second kappa shape index (κ2) is 2.82. The summed E-state index contributed by atoms with van der Waals surface area (Å²) >= 11 is 5.32. The van der Waals surface area contributed by atoms with Crippen LogP contribution < -0.4 is 0 Å². The van der Waals surface area contributed by atoms with Crippen molar-refractivity contribution in [3.63, 3.8) is 0 Å². The second-order valence-electron chi connectivity index (χ2n) is 1.87. The lowest BCUT2D eigenvalue weighted by molar-refractivity contribution is 0.0648. The highest BCUT2D eigenvalue weighted by molar-refractivity contribution is 6.33. The van der Waals surface area contributed by atoms with Gasteiger partial charge in [-0.25, -0.2) is 9.59 Å². The van der Waals surface area contributed by atoms with E-state index < -0.39 is 23.2 Å². The molecule has 0 fully saturated rings. The molecular formula is C5H3ClN2O4. The number of nitrogens with zero attached hydrogens (tertiary/aromatic N) is 1. The van der Waals surface area contributed by atoms with Gasteiger partial charge in [0.25, 0.3) is 0 Å². The molecule has 12 heavy (non-hydrogen) atoms. The maximum atomic E-state index is 10.4. The molecule has 0 amide bonds. The summed E-state index contributed by atoms with van der Waals surface area (Å²) in [4.78, 5) is 20.7. The van der Waals surface area contributed by atoms with Crippen LogP contribution in [0.25, 0.3) is 0 Å². The van der Waals surface area contributed by atoms with Crippen LogP contribution in [-0.2, 0) is 0 Å². The molecule has 0 saturated carbocycles. The second-order valence-corrected chi connectivity index (χ2v) is 2.25. The van der Waals surface area contributed by atoms with E-state index in [-0.39, 0.29) is 5.15 Å². The number of nitrogens with one attached hydrogen (secondary N) is 1. The van der Waals surface area contributed by atoms with E-state index in [9.17, 15) is 9.59 Å². The zero-order valence-electron chi connectivity index (χ0n) is 5.54. The highest BCUT2D eigenvalue weighted by atomic mass is 35.5. The first-order chi connectivity index (χ1) is 5.54. The summed E-state index contributed by atoms with van der Waals surface area (Å²) in [6.45, 7) is 0. The fourth-order valence-corrected chi connectivity index (χ4v) is 0.883. The van der Waals surface area contributed by atoms with Crippen LogP contribution in [0.5, 0.6) is 0 Å². The topological polar surface area (TPSA) is 103 Å². The monoisotopic (exact) mass is 190 g/mol. The number of aromatic carboxylic acids is 2. The molecule has 0 spiro atoms. The minimum atomic E-state index is -1.43. The zero-order chi connectivity index (χ0) is 9.30. The molecule has 7 heteroatoms. The van der Waals surface area contributed by atoms with Gasteiger partial charge in [0, 0.05) is 0 Å². The van der Waals surface area contributed by atoms with Gasteiger partial charge in [0.05, 0.1) is 0 Å². The Balaban J connectivity index is 3.31. The first-order valence-corrected chi connectivity index (χ1v) is 3.12. The van der Waals surface area contributed by atoms with Crippen molar-refractivity contribution < 1.29 is 19.8 Å². The molecule has 0 radical (unpaired) electrons. The lowest BCUT2D eigenvalue weighted by atomic mass is 10.2. The van der Waals surface area contributed by atoms with Gasteiger partial charge in [-0.3, -0.25) is 5.10 Å². The fourth-order valence-electron chi connectivity index (χ4n) is 0.671. The van der Waals surface area contributed by atoms with Gasteiger partial charge in [-0.05, 0) is 0 Å². The van der Waals surface area contributed by atoms with Gasteiger partial charge in [-0.1, -0.05) is 11.6 Å². The van der Waals surface area contributed by atoms with E-state index in [0.717, 1.165) is 0 Å². The third kappa shape index (κ3) is 1.24. The summed E-state index contributed by atoms with van der Waals surface area (Å²) < 4.78 is 0. The van der Waals surface area contributed by atoms with E-state index in [1.54, 1.807) is 0 Å². The molecule has 1 heterocycles. The molecular weight excluding hydrogens is 188 g/mol. The zero-order valence-corrected chi connectivity index (χ0v) is 6.29. The van der Waals surface area contributed by atoms with E-state index in [1.165, 1.54) is 0 Å². The average Bonchev–Trinajstić information content (AvgIpc) is 2.30. The number of aromatic amines is 1. The van der Waals surface area contributed by atoms with Crippen LogP contribution in [0.4, 0.5) is 0 Å². The third-order valence-corrected chi connectivity index (χ3v) is 1.41. The Morgan fingerprint density at radius 3 is 2.25 bits per heavy atom. The summed E-state index contributed by atoms with van der Waals surface area (Å²) in [7, 11) is 0. The quantitative estimate of drug-likeness (QED) is 0.629. The molecule has 0 aromatic carbocycles. The molecule has 1 aromatic rings. The maximum absolute atomic E-state index is 10.4. The lowest BCUT2D eigenvalue weighted by Gasteiger charge is -1.89. The van der Waals surface area contributed by atoms with Crippen LogP contribution in [0.1, 0.15) is 20.8 Å².